The van der Waals surface area contributed by atoms with E-state index in [0.29, 0.717) is 11.2 Å². The molecular weight excluding hydrogens is 355 g/mol. The number of nitrogen functional groups attached to an aromatic ring is 1. The molecule has 12 heteroatoms. The van der Waals surface area contributed by atoms with Crippen molar-refractivity contribution >= 4 is 19.0 Å². The number of aromatic nitrogens is 2. The molecule has 0 saturated carbocycles. The van der Waals surface area contributed by atoms with E-state index in [4.69, 9.17) is 20.3 Å². The van der Waals surface area contributed by atoms with Crippen LogP contribution in [0.4, 0.5) is 5.69 Å². The number of aliphatic hydroxyl groups excluding tert-OH is 2. The normalized spacial score (nSPS) is 29.8. The minimum atomic E-state index is -4.81. The number of phosphoric ester groups is 1. The lowest BCUT2D eigenvalue weighted by Crippen LogP contribution is -2.41. The maximum Gasteiger partial charge on any atom is 0.469 e. The van der Waals surface area contributed by atoms with Crippen molar-refractivity contribution in [1.29, 1.82) is 5.26 Å². The van der Waals surface area contributed by atoms with Gasteiger partial charge in [-0.1, -0.05) is 0 Å². The third-order valence-corrected chi connectivity index (χ3v) is 4.48. The molecule has 6 N–H and O–H groups in total. The van der Waals surface area contributed by atoms with Crippen LogP contribution in [0.1, 0.15) is 5.69 Å². The highest BCUT2D eigenvalue weighted by Crippen LogP contribution is 2.43. The number of fused-ring (bicyclic) bond motifs is 1. The molecule has 0 spiro atoms. The predicted molar refractivity (Wildman–Crippen MR) is 81.8 cm³/mol. The SMILES string of the molecule is N#C[C@@]1(c2ccc3c(N)ccnn23)O[C@H](COP(=O)(O)O)[C@@H](O)[C@H]1O. The summed E-state index contributed by atoms with van der Waals surface area (Å²) in [6.45, 7) is -0.717. The number of phosphoric acid groups is 1. The maximum absolute atomic E-state index is 10.8. The van der Waals surface area contributed by atoms with E-state index in [9.17, 15) is 20.0 Å². The Balaban J connectivity index is 2.01. The van der Waals surface area contributed by atoms with Crippen LogP contribution >= 0.6 is 7.82 Å². The molecule has 11 nitrogen and oxygen atoms in total. The summed E-state index contributed by atoms with van der Waals surface area (Å²) in [5.41, 5.74) is 4.77. The van der Waals surface area contributed by atoms with Gasteiger partial charge in [-0.2, -0.15) is 10.4 Å². The van der Waals surface area contributed by atoms with Crippen molar-refractivity contribution in [2.45, 2.75) is 23.9 Å². The Hall–Kier alpha value is -2.03. The molecule has 25 heavy (non-hydrogen) atoms. The zero-order chi connectivity index (χ0) is 18.4. The Morgan fingerprint density at radius 2 is 2.16 bits per heavy atom. The Morgan fingerprint density at radius 1 is 1.44 bits per heavy atom. The summed E-state index contributed by atoms with van der Waals surface area (Å²) in [7, 11) is -4.81. The van der Waals surface area contributed by atoms with Crippen molar-refractivity contribution in [1.82, 2.24) is 9.61 Å². The molecule has 1 saturated heterocycles. The van der Waals surface area contributed by atoms with Gasteiger partial charge in [0.15, 0.2) is 0 Å². The smallest absolute Gasteiger partial charge is 0.397 e. The number of nitriles is 1. The standard InChI is InChI=1S/C13H15N4O7P/c14-6-13(10-2-1-8-7(15)3-4-16-17(8)10)12(19)11(18)9(24-13)5-23-25(20,21)22/h1-4,9,11-12,18-19H,5,15H2,(H2,20,21,22)/t9-,11-,12-,13+/m1/s1. The summed E-state index contributed by atoms with van der Waals surface area (Å²) in [6, 6.07) is 6.40. The molecule has 0 aliphatic carbocycles. The van der Waals surface area contributed by atoms with Gasteiger partial charge in [0, 0.05) is 6.20 Å². The zero-order valence-corrected chi connectivity index (χ0v) is 13.5. The van der Waals surface area contributed by atoms with Gasteiger partial charge in [0.2, 0.25) is 5.60 Å². The molecule has 0 radical (unpaired) electrons. The number of rotatable bonds is 4. The summed E-state index contributed by atoms with van der Waals surface area (Å²) in [6.07, 6.45) is -3.26. The predicted octanol–water partition coefficient (Wildman–Crippen LogP) is -1.13. The van der Waals surface area contributed by atoms with Gasteiger partial charge in [-0.05, 0) is 18.2 Å². The lowest BCUT2D eigenvalue weighted by molar-refractivity contribution is -0.0635. The van der Waals surface area contributed by atoms with E-state index in [0.717, 1.165) is 0 Å². The summed E-state index contributed by atoms with van der Waals surface area (Å²) < 4.78 is 21.9. The van der Waals surface area contributed by atoms with Crippen LogP contribution in [0.2, 0.25) is 0 Å². The molecule has 2 aromatic heterocycles. The topological polar surface area (TPSA) is 184 Å². The molecule has 4 atom stereocenters. The first kappa shape index (κ1) is 17.8. The molecule has 1 aliphatic rings. The van der Waals surface area contributed by atoms with Crippen molar-refractivity contribution in [3.05, 3.63) is 30.1 Å². The Bertz CT molecular complexity index is 890. The lowest BCUT2D eigenvalue weighted by Gasteiger charge is -2.24. The number of anilines is 1. The molecular formula is C13H15N4O7P. The van der Waals surface area contributed by atoms with E-state index in [1.54, 1.807) is 12.1 Å². The van der Waals surface area contributed by atoms with Crippen molar-refractivity contribution < 1.29 is 33.8 Å². The second-order valence-corrected chi connectivity index (χ2v) is 6.77. The summed E-state index contributed by atoms with van der Waals surface area (Å²) in [5, 5.41) is 34.2. The molecule has 3 rings (SSSR count). The molecule has 3 heterocycles. The minimum absolute atomic E-state index is 0.113. The van der Waals surface area contributed by atoms with Crippen molar-refractivity contribution in [3.8, 4) is 6.07 Å². The van der Waals surface area contributed by atoms with Crippen LogP contribution in [0.3, 0.4) is 0 Å². The molecule has 0 aromatic carbocycles. The van der Waals surface area contributed by atoms with Crippen LogP contribution in [0, 0.1) is 11.3 Å². The van der Waals surface area contributed by atoms with Crippen LogP contribution in [0.25, 0.3) is 5.52 Å². The maximum atomic E-state index is 10.8. The van der Waals surface area contributed by atoms with E-state index in [1.165, 1.54) is 16.8 Å². The Labute approximate surface area is 141 Å². The first-order valence-corrected chi connectivity index (χ1v) is 8.60. The molecule has 2 aromatic rings. The molecule has 0 unspecified atom stereocenters. The van der Waals surface area contributed by atoms with E-state index < -0.39 is 38.3 Å². The summed E-state index contributed by atoms with van der Waals surface area (Å²) in [5.74, 6) is 0. The highest BCUT2D eigenvalue weighted by Gasteiger charge is 2.57. The largest absolute Gasteiger partial charge is 0.469 e. The fourth-order valence-electron chi connectivity index (χ4n) is 2.81. The van der Waals surface area contributed by atoms with Gasteiger partial charge in [0.05, 0.1) is 23.5 Å². The fourth-order valence-corrected chi connectivity index (χ4v) is 3.15. The quantitative estimate of drug-likeness (QED) is 0.412. The van der Waals surface area contributed by atoms with Crippen LogP contribution in [-0.4, -0.2) is 54.5 Å². The summed E-state index contributed by atoms with van der Waals surface area (Å²) in [4.78, 5) is 17.5. The Morgan fingerprint density at radius 3 is 2.80 bits per heavy atom. The monoisotopic (exact) mass is 370 g/mol. The van der Waals surface area contributed by atoms with Crippen molar-refractivity contribution in [2.24, 2.45) is 0 Å². The second-order valence-electron chi connectivity index (χ2n) is 5.53. The number of aliphatic hydroxyl groups is 2. The van der Waals surface area contributed by atoms with Gasteiger partial charge < -0.3 is 30.5 Å². The molecule has 1 aliphatic heterocycles. The van der Waals surface area contributed by atoms with Crippen molar-refractivity contribution in [3.63, 3.8) is 0 Å². The number of hydrogen-bond acceptors (Lipinski definition) is 8. The van der Waals surface area contributed by atoms with Gasteiger partial charge in [0.25, 0.3) is 0 Å². The first-order chi connectivity index (χ1) is 11.7. The lowest BCUT2D eigenvalue weighted by atomic mass is 9.92. The third-order valence-electron chi connectivity index (χ3n) is 4.00. The second kappa shape index (κ2) is 6.05. The highest BCUT2D eigenvalue weighted by atomic mass is 31.2. The van der Waals surface area contributed by atoms with E-state index in [-0.39, 0.29) is 5.69 Å². The minimum Gasteiger partial charge on any atom is -0.397 e. The molecule has 0 amide bonds. The van der Waals surface area contributed by atoms with Crippen LogP contribution in [-0.2, 0) is 19.4 Å². The summed E-state index contributed by atoms with van der Waals surface area (Å²) >= 11 is 0. The number of nitrogens with two attached hydrogens (primary N) is 1. The zero-order valence-electron chi connectivity index (χ0n) is 12.6. The highest BCUT2D eigenvalue weighted by molar-refractivity contribution is 7.46. The van der Waals surface area contributed by atoms with Crippen LogP contribution in [0.15, 0.2) is 24.4 Å². The number of hydrogen-bond donors (Lipinski definition) is 5. The van der Waals surface area contributed by atoms with Gasteiger partial charge in [0.1, 0.15) is 24.4 Å². The Kier molecular flexibility index (Phi) is 4.30. The van der Waals surface area contributed by atoms with Crippen molar-refractivity contribution in [2.75, 3.05) is 12.3 Å². The van der Waals surface area contributed by atoms with Gasteiger partial charge in [-0.3, -0.25) is 4.52 Å². The van der Waals surface area contributed by atoms with E-state index in [1.807, 2.05) is 6.07 Å². The van der Waals surface area contributed by atoms with E-state index >= 15 is 0 Å². The van der Waals surface area contributed by atoms with Crippen LogP contribution < -0.4 is 5.73 Å². The van der Waals surface area contributed by atoms with Gasteiger partial charge in [-0.15, -0.1) is 0 Å². The molecule has 134 valence electrons. The number of ether oxygens (including phenoxy) is 1. The average molecular weight is 370 g/mol. The first-order valence-electron chi connectivity index (χ1n) is 7.07. The molecule has 1 fully saturated rings. The molecule has 0 bridgehead atoms. The van der Waals surface area contributed by atoms with Gasteiger partial charge >= 0.3 is 7.82 Å². The third kappa shape index (κ3) is 2.90. The number of nitrogens with zero attached hydrogens (tertiary/aromatic N) is 3. The van der Waals surface area contributed by atoms with Crippen LogP contribution in [0.5, 0.6) is 0 Å². The van der Waals surface area contributed by atoms with E-state index in [2.05, 4.69) is 9.62 Å². The fraction of sp³-hybridized carbons (Fsp3) is 0.385. The van der Waals surface area contributed by atoms with Gasteiger partial charge in [-0.25, -0.2) is 9.08 Å². The average Bonchev–Trinajstić information content (AvgIpc) is 3.08.